The molecule has 0 heterocycles. The van der Waals surface area contributed by atoms with Crippen LogP contribution < -0.4 is 5.32 Å². The van der Waals surface area contributed by atoms with E-state index in [-0.39, 0.29) is 5.60 Å². The fraction of sp³-hybridized carbons (Fsp3) is 0.909. The number of hydrogen-bond donors (Lipinski definition) is 2. The van der Waals surface area contributed by atoms with Crippen LogP contribution in [0.1, 0.15) is 33.6 Å². The van der Waals surface area contributed by atoms with Gasteiger partial charge in [-0.15, -0.1) is 0 Å². The van der Waals surface area contributed by atoms with Crippen molar-refractivity contribution >= 4 is 5.97 Å². The third kappa shape index (κ3) is 4.18. The minimum absolute atomic E-state index is 0.294. The molecule has 1 fully saturated rings. The molecule has 1 atom stereocenters. The predicted octanol–water partition coefficient (Wildman–Crippen LogP) is 1.25. The van der Waals surface area contributed by atoms with E-state index >= 15 is 0 Å². The van der Waals surface area contributed by atoms with Crippen LogP contribution in [-0.2, 0) is 9.53 Å². The molecule has 1 aliphatic carbocycles. The molecule has 1 saturated carbocycles. The maximum atomic E-state index is 11.0. The highest BCUT2D eigenvalue weighted by Gasteiger charge is 2.36. The number of aliphatic carboxylic acids is 1. The van der Waals surface area contributed by atoms with Gasteiger partial charge >= 0.3 is 5.97 Å². The van der Waals surface area contributed by atoms with Crippen LogP contribution in [0.15, 0.2) is 0 Å². The Morgan fingerprint density at radius 2 is 2.20 bits per heavy atom. The first-order valence-electron chi connectivity index (χ1n) is 5.56. The van der Waals surface area contributed by atoms with E-state index in [4.69, 9.17) is 9.84 Å². The number of carboxylic acids is 1. The molecule has 1 aliphatic rings. The number of carbonyl (C=O) groups is 1. The molecule has 0 amide bonds. The van der Waals surface area contributed by atoms with Gasteiger partial charge in [-0.1, -0.05) is 0 Å². The number of rotatable bonds is 7. The summed E-state index contributed by atoms with van der Waals surface area (Å²) in [6.07, 6.45) is 2.05. The van der Waals surface area contributed by atoms with Crippen LogP contribution in [0.3, 0.4) is 0 Å². The summed E-state index contributed by atoms with van der Waals surface area (Å²) in [5.74, 6) is -0.426. The lowest BCUT2D eigenvalue weighted by atomic mass is 10.1. The van der Waals surface area contributed by atoms with Crippen LogP contribution in [0.5, 0.6) is 0 Å². The molecule has 0 aliphatic heterocycles. The Kier molecular flexibility index (Phi) is 4.11. The van der Waals surface area contributed by atoms with E-state index in [0.717, 1.165) is 12.8 Å². The summed E-state index contributed by atoms with van der Waals surface area (Å²) in [6.45, 7) is 7.10. The minimum atomic E-state index is -0.746. The molecule has 2 N–H and O–H groups in total. The summed E-state index contributed by atoms with van der Waals surface area (Å²) in [5.41, 5.74) is -0.294. The van der Waals surface area contributed by atoms with Crippen molar-refractivity contribution in [2.45, 2.75) is 45.3 Å². The molecule has 0 spiro atoms. The van der Waals surface area contributed by atoms with Crippen molar-refractivity contribution in [3.8, 4) is 0 Å². The standard InChI is InChI=1S/C11H21NO3/c1-4-15-11(2,3)7-12-9(10(13)14)8-5-6-8/h8-9,12H,4-7H2,1-3H3,(H,13,14). The van der Waals surface area contributed by atoms with Gasteiger partial charge in [0.25, 0.3) is 0 Å². The van der Waals surface area contributed by atoms with E-state index < -0.39 is 12.0 Å². The van der Waals surface area contributed by atoms with E-state index in [0.29, 0.717) is 19.1 Å². The zero-order valence-electron chi connectivity index (χ0n) is 9.75. The first-order chi connectivity index (χ1) is 6.96. The molecule has 1 unspecified atom stereocenters. The van der Waals surface area contributed by atoms with Crippen LogP contribution in [0.2, 0.25) is 0 Å². The number of nitrogens with one attached hydrogen (secondary N) is 1. The summed E-state index contributed by atoms with van der Waals surface area (Å²) in [5, 5.41) is 12.1. The molecule has 0 bridgehead atoms. The van der Waals surface area contributed by atoms with Crippen molar-refractivity contribution in [3.05, 3.63) is 0 Å². The number of carboxylic acid groups (broad SMARTS) is 1. The molecule has 88 valence electrons. The Bertz CT molecular complexity index is 224. The van der Waals surface area contributed by atoms with Crippen molar-refractivity contribution in [3.63, 3.8) is 0 Å². The van der Waals surface area contributed by atoms with Gasteiger partial charge in [-0.25, -0.2) is 0 Å². The maximum Gasteiger partial charge on any atom is 0.320 e. The molecule has 4 nitrogen and oxygen atoms in total. The van der Waals surface area contributed by atoms with Crippen LogP contribution in [-0.4, -0.2) is 35.9 Å². The molecule has 4 heteroatoms. The van der Waals surface area contributed by atoms with E-state index in [1.54, 1.807) is 0 Å². The largest absolute Gasteiger partial charge is 0.480 e. The fourth-order valence-electron chi connectivity index (χ4n) is 1.68. The minimum Gasteiger partial charge on any atom is -0.480 e. The summed E-state index contributed by atoms with van der Waals surface area (Å²) in [6, 6.07) is -0.398. The molecule has 0 saturated heterocycles. The van der Waals surface area contributed by atoms with Crippen LogP contribution in [0.25, 0.3) is 0 Å². The van der Waals surface area contributed by atoms with E-state index in [2.05, 4.69) is 5.32 Å². The smallest absolute Gasteiger partial charge is 0.320 e. The molecule has 1 rings (SSSR count). The first kappa shape index (κ1) is 12.5. The number of hydrogen-bond acceptors (Lipinski definition) is 3. The van der Waals surface area contributed by atoms with Gasteiger partial charge in [0.15, 0.2) is 0 Å². The maximum absolute atomic E-state index is 11.0. The van der Waals surface area contributed by atoms with Gasteiger partial charge in [-0.2, -0.15) is 0 Å². The fourth-order valence-corrected chi connectivity index (χ4v) is 1.68. The lowest BCUT2D eigenvalue weighted by Gasteiger charge is -2.27. The predicted molar refractivity (Wildman–Crippen MR) is 57.9 cm³/mol. The summed E-state index contributed by atoms with van der Waals surface area (Å²) >= 11 is 0. The Balaban J connectivity index is 2.35. The van der Waals surface area contributed by atoms with Crippen LogP contribution >= 0.6 is 0 Å². The van der Waals surface area contributed by atoms with Gasteiger partial charge in [0.1, 0.15) is 6.04 Å². The Labute approximate surface area is 91.0 Å². The van der Waals surface area contributed by atoms with Crippen molar-refractivity contribution in [1.82, 2.24) is 5.32 Å². The topological polar surface area (TPSA) is 58.6 Å². The zero-order chi connectivity index (χ0) is 11.5. The van der Waals surface area contributed by atoms with Gasteiger partial charge in [-0.3, -0.25) is 4.79 Å². The summed E-state index contributed by atoms with van der Waals surface area (Å²) in [4.78, 5) is 11.0. The quantitative estimate of drug-likeness (QED) is 0.671. The lowest BCUT2D eigenvalue weighted by molar-refractivity contribution is -0.140. The Morgan fingerprint density at radius 1 is 1.60 bits per heavy atom. The molecule has 0 radical (unpaired) electrons. The van der Waals surface area contributed by atoms with E-state index in [1.807, 2.05) is 20.8 Å². The third-order valence-corrected chi connectivity index (χ3v) is 2.64. The second-order valence-corrected chi connectivity index (χ2v) is 4.73. The summed E-state index contributed by atoms with van der Waals surface area (Å²) in [7, 11) is 0. The number of ether oxygens (including phenoxy) is 1. The van der Waals surface area contributed by atoms with Crippen molar-refractivity contribution in [2.24, 2.45) is 5.92 Å². The van der Waals surface area contributed by atoms with Gasteiger partial charge in [-0.05, 0) is 39.5 Å². The Morgan fingerprint density at radius 3 is 2.60 bits per heavy atom. The highest BCUT2D eigenvalue weighted by atomic mass is 16.5. The molecule has 15 heavy (non-hydrogen) atoms. The van der Waals surface area contributed by atoms with Crippen molar-refractivity contribution in [2.75, 3.05) is 13.2 Å². The van der Waals surface area contributed by atoms with Gasteiger partial charge in [0.05, 0.1) is 5.60 Å². The van der Waals surface area contributed by atoms with Crippen molar-refractivity contribution < 1.29 is 14.6 Å². The second kappa shape index (κ2) is 4.94. The molecule has 0 aromatic heterocycles. The zero-order valence-corrected chi connectivity index (χ0v) is 9.75. The van der Waals surface area contributed by atoms with Crippen LogP contribution in [0.4, 0.5) is 0 Å². The summed E-state index contributed by atoms with van der Waals surface area (Å²) < 4.78 is 5.50. The highest BCUT2D eigenvalue weighted by molar-refractivity contribution is 5.74. The SMILES string of the molecule is CCOC(C)(C)CNC(C(=O)O)C1CC1. The van der Waals surface area contributed by atoms with Crippen molar-refractivity contribution in [1.29, 1.82) is 0 Å². The third-order valence-electron chi connectivity index (χ3n) is 2.64. The molecule has 0 aromatic rings. The monoisotopic (exact) mass is 215 g/mol. The van der Waals surface area contributed by atoms with Crippen LogP contribution in [0, 0.1) is 5.92 Å². The lowest BCUT2D eigenvalue weighted by Crippen LogP contribution is -2.46. The first-order valence-corrected chi connectivity index (χ1v) is 5.56. The Hall–Kier alpha value is -0.610. The normalized spacial score (nSPS) is 18.9. The van der Waals surface area contributed by atoms with E-state index in [9.17, 15) is 4.79 Å². The molecular weight excluding hydrogens is 194 g/mol. The molecule has 0 aromatic carbocycles. The van der Waals surface area contributed by atoms with Gasteiger partial charge in [0, 0.05) is 13.2 Å². The second-order valence-electron chi connectivity index (χ2n) is 4.73. The average molecular weight is 215 g/mol. The highest BCUT2D eigenvalue weighted by Crippen LogP contribution is 2.32. The van der Waals surface area contributed by atoms with Gasteiger partial charge < -0.3 is 15.2 Å². The van der Waals surface area contributed by atoms with Gasteiger partial charge in [0.2, 0.25) is 0 Å². The van der Waals surface area contributed by atoms with E-state index in [1.165, 1.54) is 0 Å². The molecular formula is C11H21NO3. The average Bonchev–Trinajstić information content (AvgIpc) is 2.87.